The summed E-state index contributed by atoms with van der Waals surface area (Å²) in [6, 6.07) is 5.95. The molecular weight excluding hydrogens is 413 g/mol. The minimum Gasteiger partial charge on any atom is -0.457 e. The summed E-state index contributed by atoms with van der Waals surface area (Å²) >= 11 is 0. The zero-order valence-corrected chi connectivity index (χ0v) is 17.1. The van der Waals surface area contributed by atoms with Gasteiger partial charge in [0, 0.05) is 31.4 Å². The van der Waals surface area contributed by atoms with Crippen LogP contribution in [0.15, 0.2) is 30.3 Å². The number of imidazole rings is 1. The highest BCUT2D eigenvalue weighted by Gasteiger charge is 2.16. The number of primary amides is 1. The number of aromatic nitrogens is 2. The fourth-order valence-corrected chi connectivity index (χ4v) is 2.97. The number of benzene rings is 2. The Hall–Kier alpha value is -3.11. The van der Waals surface area contributed by atoms with E-state index in [1.807, 2.05) is 11.5 Å². The molecule has 0 aliphatic heterocycles. The average molecular weight is 436 g/mol. The van der Waals surface area contributed by atoms with Crippen molar-refractivity contribution < 1.29 is 27.4 Å². The SMILES string of the molecule is CCOCCn1c(CN[C@@H](C)C(N)=O)nc2ccc(Oc3cc(F)c(F)c(F)c3)cc21. The molecule has 0 saturated carbocycles. The highest BCUT2D eigenvalue weighted by Crippen LogP contribution is 2.28. The fraction of sp³-hybridized carbons (Fsp3) is 0.333. The Kier molecular flexibility index (Phi) is 7.13. The third-order valence-electron chi connectivity index (χ3n) is 4.65. The minimum absolute atomic E-state index is 0.173. The Morgan fingerprint density at radius 3 is 2.55 bits per heavy atom. The van der Waals surface area contributed by atoms with Crippen LogP contribution in [0.5, 0.6) is 11.5 Å². The van der Waals surface area contributed by atoms with Crippen molar-refractivity contribution in [2.24, 2.45) is 5.73 Å². The molecule has 0 bridgehead atoms. The van der Waals surface area contributed by atoms with Gasteiger partial charge in [-0.05, 0) is 26.0 Å². The zero-order chi connectivity index (χ0) is 22.5. The number of carbonyl (C=O) groups excluding carboxylic acids is 1. The molecule has 1 amide bonds. The van der Waals surface area contributed by atoms with Crippen LogP contribution in [0.2, 0.25) is 0 Å². The first-order valence-corrected chi connectivity index (χ1v) is 9.72. The number of ether oxygens (including phenoxy) is 2. The maximum absolute atomic E-state index is 13.5. The van der Waals surface area contributed by atoms with Crippen LogP contribution < -0.4 is 15.8 Å². The maximum Gasteiger partial charge on any atom is 0.234 e. The molecule has 0 radical (unpaired) electrons. The van der Waals surface area contributed by atoms with Crippen molar-refractivity contribution in [2.75, 3.05) is 13.2 Å². The highest BCUT2D eigenvalue weighted by atomic mass is 19.2. The van der Waals surface area contributed by atoms with Crippen LogP contribution in [-0.2, 0) is 22.6 Å². The van der Waals surface area contributed by atoms with Gasteiger partial charge >= 0.3 is 0 Å². The van der Waals surface area contributed by atoms with Crippen LogP contribution in [0.25, 0.3) is 11.0 Å². The van der Waals surface area contributed by atoms with Gasteiger partial charge in [0.2, 0.25) is 5.91 Å². The second kappa shape index (κ2) is 9.80. The van der Waals surface area contributed by atoms with E-state index in [0.717, 1.165) is 12.1 Å². The highest BCUT2D eigenvalue weighted by molar-refractivity contribution is 5.79. The van der Waals surface area contributed by atoms with Crippen molar-refractivity contribution in [1.29, 1.82) is 0 Å². The molecule has 166 valence electrons. The number of rotatable bonds is 10. The Bertz CT molecular complexity index is 1060. The third kappa shape index (κ3) is 5.33. The zero-order valence-electron chi connectivity index (χ0n) is 17.1. The summed E-state index contributed by atoms with van der Waals surface area (Å²) in [5.41, 5.74) is 6.65. The molecule has 2 aromatic carbocycles. The lowest BCUT2D eigenvalue weighted by atomic mass is 10.2. The van der Waals surface area contributed by atoms with E-state index in [-0.39, 0.29) is 12.3 Å². The van der Waals surface area contributed by atoms with Crippen molar-refractivity contribution in [3.8, 4) is 11.5 Å². The second-order valence-electron chi connectivity index (χ2n) is 6.84. The molecule has 3 aromatic rings. The van der Waals surface area contributed by atoms with Gasteiger partial charge in [-0.2, -0.15) is 0 Å². The monoisotopic (exact) mass is 436 g/mol. The summed E-state index contributed by atoms with van der Waals surface area (Å²) in [6.45, 7) is 5.29. The Morgan fingerprint density at radius 2 is 1.90 bits per heavy atom. The number of hydrogen-bond donors (Lipinski definition) is 2. The Balaban J connectivity index is 1.91. The summed E-state index contributed by atoms with van der Waals surface area (Å²) in [5.74, 6) is -3.94. The second-order valence-corrected chi connectivity index (χ2v) is 6.84. The van der Waals surface area contributed by atoms with E-state index < -0.39 is 29.4 Å². The number of halogens is 3. The Labute approximate surface area is 177 Å². The van der Waals surface area contributed by atoms with E-state index in [9.17, 15) is 18.0 Å². The lowest BCUT2D eigenvalue weighted by molar-refractivity contribution is -0.119. The topological polar surface area (TPSA) is 91.4 Å². The number of amides is 1. The van der Waals surface area contributed by atoms with Crippen LogP contribution in [0.4, 0.5) is 13.2 Å². The van der Waals surface area contributed by atoms with Crippen molar-refractivity contribution in [1.82, 2.24) is 14.9 Å². The van der Waals surface area contributed by atoms with E-state index in [1.54, 1.807) is 25.1 Å². The number of nitrogens with two attached hydrogens (primary N) is 1. The molecule has 1 atom stereocenters. The minimum atomic E-state index is -1.56. The number of fused-ring (bicyclic) bond motifs is 1. The van der Waals surface area contributed by atoms with Gasteiger partial charge in [0.25, 0.3) is 0 Å². The van der Waals surface area contributed by atoms with E-state index in [1.165, 1.54) is 0 Å². The van der Waals surface area contributed by atoms with Gasteiger partial charge in [-0.15, -0.1) is 0 Å². The van der Waals surface area contributed by atoms with E-state index in [4.69, 9.17) is 15.2 Å². The number of nitrogens with one attached hydrogen (secondary N) is 1. The molecule has 0 aliphatic carbocycles. The van der Waals surface area contributed by atoms with Crippen LogP contribution in [-0.4, -0.2) is 34.7 Å². The van der Waals surface area contributed by atoms with Gasteiger partial charge in [-0.25, -0.2) is 18.2 Å². The molecule has 3 rings (SSSR count). The van der Waals surface area contributed by atoms with Crippen molar-refractivity contribution in [3.63, 3.8) is 0 Å². The Morgan fingerprint density at radius 1 is 1.19 bits per heavy atom. The lowest BCUT2D eigenvalue weighted by Gasteiger charge is -2.13. The van der Waals surface area contributed by atoms with Gasteiger partial charge in [0.15, 0.2) is 17.5 Å². The molecular formula is C21H23F3N4O3. The van der Waals surface area contributed by atoms with Gasteiger partial charge in [-0.1, -0.05) is 0 Å². The summed E-state index contributed by atoms with van der Waals surface area (Å²) < 4.78 is 53.0. The third-order valence-corrected chi connectivity index (χ3v) is 4.65. The molecule has 0 fully saturated rings. The number of nitrogens with zero attached hydrogens (tertiary/aromatic N) is 2. The van der Waals surface area contributed by atoms with Gasteiger partial charge in [0.05, 0.1) is 30.2 Å². The molecule has 1 aromatic heterocycles. The normalized spacial score (nSPS) is 12.3. The largest absolute Gasteiger partial charge is 0.457 e. The summed E-state index contributed by atoms with van der Waals surface area (Å²) in [4.78, 5) is 15.9. The standard InChI is InChI=1S/C21H23F3N4O3/c1-3-30-7-6-28-18-10-13(31-14-8-15(22)20(24)16(23)9-14)4-5-17(18)27-19(28)11-26-12(2)21(25)29/h4-5,8-10,12,26H,3,6-7,11H2,1-2H3,(H2,25,29)/t12-/m0/s1. The molecule has 31 heavy (non-hydrogen) atoms. The maximum atomic E-state index is 13.5. The molecule has 0 spiro atoms. The lowest BCUT2D eigenvalue weighted by Crippen LogP contribution is -2.38. The smallest absolute Gasteiger partial charge is 0.234 e. The van der Waals surface area contributed by atoms with Crippen LogP contribution in [0.3, 0.4) is 0 Å². The van der Waals surface area contributed by atoms with E-state index >= 15 is 0 Å². The molecule has 0 saturated heterocycles. The van der Waals surface area contributed by atoms with Crippen molar-refractivity contribution in [3.05, 3.63) is 53.6 Å². The molecule has 0 unspecified atom stereocenters. The quantitative estimate of drug-likeness (QED) is 0.376. The van der Waals surface area contributed by atoms with E-state index in [0.29, 0.717) is 42.4 Å². The first-order valence-electron chi connectivity index (χ1n) is 9.72. The summed E-state index contributed by atoms with van der Waals surface area (Å²) in [6.07, 6.45) is 0. The number of carbonyl (C=O) groups is 1. The van der Waals surface area contributed by atoms with Crippen LogP contribution >= 0.6 is 0 Å². The number of hydrogen-bond acceptors (Lipinski definition) is 5. The predicted octanol–water partition coefficient (Wildman–Crippen LogP) is 3.25. The van der Waals surface area contributed by atoms with Crippen molar-refractivity contribution >= 4 is 16.9 Å². The van der Waals surface area contributed by atoms with Crippen LogP contribution in [0.1, 0.15) is 19.7 Å². The summed E-state index contributed by atoms with van der Waals surface area (Å²) in [5, 5.41) is 3.01. The molecule has 10 heteroatoms. The van der Waals surface area contributed by atoms with Crippen LogP contribution in [0, 0.1) is 17.5 Å². The molecule has 3 N–H and O–H groups in total. The average Bonchev–Trinajstić information content (AvgIpc) is 3.07. The molecule has 7 nitrogen and oxygen atoms in total. The first kappa shape index (κ1) is 22.6. The van der Waals surface area contributed by atoms with Gasteiger partial charge in [-0.3, -0.25) is 10.1 Å². The first-order chi connectivity index (χ1) is 14.8. The fourth-order valence-electron chi connectivity index (χ4n) is 2.97. The van der Waals surface area contributed by atoms with Crippen molar-refractivity contribution in [2.45, 2.75) is 33.0 Å². The van der Waals surface area contributed by atoms with Gasteiger partial charge in [0.1, 0.15) is 17.3 Å². The van der Waals surface area contributed by atoms with E-state index in [2.05, 4.69) is 10.3 Å². The summed E-state index contributed by atoms with van der Waals surface area (Å²) in [7, 11) is 0. The molecule has 1 heterocycles. The van der Waals surface area contributed by atoms with Gasteiger partial charge < -0.3 is 19.8 Å². The molecule has 0 aliphatic rings. The predicted molar refractivity (Wildman–Crippen MR) is 108 cm³/mol.